The molecule has 3 rings (SSSR count). The molecule has 0 radical (unpaired) electrons. The van der Waals surface area contributed by atoms with Crippen LogP contribution in [0.5, 0.6) is 0 Å². The number of rotatable bonds is 4. The number of piperidine rings is 1. The van der Waals surface area contributed by atoms with Crippen molar-refractivity contribution in [1.29, 1.82) is 0 Å². The number of amides is 1. The van der Waals surface area contributed by atoms with Crippen LogP contribution in [0.25, 0.3) is 0 Å². The number of methoxy groups -OCH3 is 1. The first-order valence-corrected chi connectivity index (χ1v) is 10.6. The van der Waals surface area contributed by atoms with Crippen LogP contribution in [-0.4, -0.2) is 43.5 Å². The molecular weight excluding hydrogens is 348 g/mol. The van der Waals surface area contributed by atoms with Gasteiger partial charge in [-0.2, -0.15) is 0 Å². The molecular formula is C20H30N2O3S. The Hall–Kier alpha value is -1.40. The number of hydrogen-bond acceptors (Lipinski definition) is 5. The minimum atomic E-state index is -0.329. The number of nitrogens with one attached hydrogen (secondary N) is 1. The highest BCUT2D eigenvalue weighted by Gasteiger charge is 2.26. The molecule has 0 aromatic carbocycles. The maximum absolute atomic E-state index is 12.6. The second kappa shape index (κ2) is 9.00. The van der Waals surface area contributed by atoms with Gasteiger partial charge in [-0.3, -0.25) is 9.69 Å². The molecule has 26 heavy (non-hydrogen) atoms. The molecule has 1 amide bonds. The van der Waals surface area contributed by atoms with Crippen LogP contribution >= 0.6 is 11.3 Å². The van der Waals surface area contributed by atoms with Crippen molar-refractivity contribution >= 4 is 28.2 Å². The fraction of sp³-hybridized carbons (Fsp3) is 0.700. The van der Waals surface area contributed by atoms with E-state index in [0.29, 0.717) is 23.0 Å². The highest BCUT2D eigenvalue weighted by Crippen LogP contribution is 2.37. The molecule has 6 heteroatoms. The molecule has 5 nitrogen and oxygen atoms in total. The van der Waals surface area contributed by atoms with Crippen molar-refractivity contribution in [2.24, 2.45) is 5.92 Å². The van der Waals surface area contributed by atoms with E-state index >= 15 is 0 Å². The normalized spacial score (nSPS) is 21.4. The van der Waals surface area contributed by atoms with Gasteiger partial charge in [0.15, 0.2) is 0 Å². The number of carbonyl (C=O) groups excluding carboxylic acids is 2. The zero-order valence-electron chi connectivity index (χ0n) is 15.9. The van der Waals surface area contributed by atoms with Crippen LogP contribution in [-0.2, 0) is 22.4 Å². The summed E-state index contributed by atoms with van der Waals surface area (Å²) >= 11 is 1.57. The first-order chi connectivity index (χ1) is 12.6. The van der Waals surface area contributed by atoms with Gasteiger partial charge in [0, 0.05) is 11.4 Å². The van der Waals surface area contributed by atoms with E-state index in [4.69, 9.17) is 4.74 Å². The number of fused-ring (bicyclic) bond motifs is 1. The Morgan fingerprint density at radius 2 is 1.96 bits per heavy atom. The molecule has 1 N–H and O–H groups in total. The molecule has 1 saturated heterocycles. The molecule has 0 saturated carbocycles. The van der Waals surface area contributed by atoms with Gasteiger partial charge in [0.25, 0.3) is 0 Å². The van der Waals surface area contributed by atoms with E-state index in [-0.39, 0.29) is 11.9 Å². The minimum absolute atomic E-state index is 0.0292. The summed E-state index contributed by atoms with van der Waals surface area (Å²) in [5, 5.41) is 3.70. The van der Waals surface area contributed by atoms with E-state index < -0.39 is 0 Å². The zero-order valence-corrected chi connectivity index (χ0v) is 16.8. The average Bonchev–Trinajstić information content (AvgIpc) is 2.90. The molecule has 1 unspecified atom stereocenters. The summed E-state index contributed by atoms with van der Waals surface area (Å²) < 4.78 is 5.03. The van der Waals surface area contributed by atoms with Crippen molar-refractivity contribution in [3.63, 3.8) is 0 Å². The molecule has 1 fully saturated rings. The fourth-order valence-electron chi connectivity index (χ4n) is 4.13. The molecule has 1 aromatic rings. The van der Waals surface area contributed by atoms with E-state index in [1.807, 2.05) is 0 Å². The molecule has 0 spiro atoms. The van der Waals surface area contributed by atoms with Crippen LogP contribution < -0.4 is 5.32 Å². The molecule has 2 aliphatic rings. The Morgan fingerprint density at radius 3 is 2.69 bits per heavy atom. The van der Waals surface area contributed by atoms with Crippen LogP contribution in [0, 0.1) is 5.92 Å². The van der Waals surface area contributed by atoms with Crippen LogP contribution in [0.4, 0.5) is 5.00 Å². The third-order valence-electron chi connectivity index (χ3n) is 5.42. The maximum atomic E-state index is 12.6. The first-order valence-electron chi connectivity index (χ1n) is 9.83. The van der Waals surface area contributed by atoms with E-state index in [1.165, 1.54) is 31.2 Å². The number of nitrogens with zero attached hydrogens (tertiary/aromatic N) is 1. The lowest BCUT2D eigenvalue weighted by Crippen LogP contribution is -2.39. The number of ether oxygens (including phenoxy) is 1. The molecule has 1 aliphatic heterocycles. The number of esters is 1. The third kappa shape index (κ3) is 4.65. The number of carbonyl (C=O) groups is 2. The van der Waals surface area contributed by atoms with E-state index in [0.717, 1.165) is 50.8 Å². The lowest BCUT2D eigenvalue weighted by atomic mass is 9.96. The van der Waals surface area contributed by atoms with E-state index in [2.05, 4.69) is 17.1 Å². The second-order valence-corrected chi connectivity index (χ2v) is 8.75. The lowest BCUT2D eigenvalue weighted by molar-refractivity contribution is -0.117. The minimum Gasteiger partial charge on any atom is -0.465 e. The topological polar surface area (TPSA) is 58.6 Å². The Labute approximate surface area is 160 Å². The number of hydrogen-bond donors (Lipinski definition) is 1. The van der Waals surface area contributed by atoms with Crippen molar-refractivity contribution in [1.82, 2.24) is 4.90 Å². The predicted octanol–water partition coefficient (Wildman–Crippen LogP) is 3.86. The van der Waals surface area contributed by atoms with Crippen molar-refractivity contribution in [3.05, 3.63) is 16.0 Å². The van der Waals surface area contributed by atoms with Gasteiger partial charge in [-0.1, -0.05) is 19.8 Å². The van der Waals surface area contributed by atoms with Gasteiger partial charge in [0.05, 0.1) is 19.2 Å². The molecule has 1 aliphatic carbocycles. The molecule has 2 heterocycles. The smallest absolute Gasteiger partial charge is 0.341 e. The van der Waals surface area contributed by atoms with Gasteiger partial charge in [-0.15, -0.1) is 11.3 Å². The van der Waals surface area contributed by atoms with Gasteiger partial charge in [0.2, 0.25) is 5.91 Å². The highest BCUT2D eigenvalue weighted by molar-refractivity contribution is 7.17. The van der Waals surface area contributed by atoms with Gasteiger partial charge >= 0.3 is 5.97 Å². The number of likely N-dealkylation sites (tertiary alicyclic amines) is 1. The Kier molecular flexibility index (Phi) is 6.70. The summed E-state index contributed by atoms with van der Waals surface area (Å²) in [5.41, 5.74) is 1.69. The van der Waals surface area contributed by atoms with Gasteiger partial charge < -0.3 is 10.1 Å². The van der Waals surface area contributed by atoms with Crippen LogP contribution in [0.2, 0.25) is 0 Å². The summed E-state index contributed by atoms with van der Waals surface area (Å²) in [6.45, 7) is 4.58. The number of thiophene rings is 1. The van der Waals surface area contributed by atoms with Crippen LogP contribution in [0.3, 0.4) is 0 Å². The largest absolute Gasteiger partial charge is 0.465 e. The standard InChI is InChI=1S/C20H30N2O3S/c1-14-8-7-11-22(12-14)13-17(23)21-19-18(20(24)25-2)15-9-5-3-4-6-10-16(15)26-19/h14H,3-13H2,1-2H3,(H,21,23). The Morgan fingerprint density at radius 1 is 1.19 bits per heavy atom. The monoisotopic (exact) mass is 378 g/mol. The third-order valence-corrected chi connectivity index (χ3v) is 6.63. The molecule has 1 aromatic heterocycles. The summed E-state index contributed by atoms with van der Waals surface area (Å²) in [4.78, 5) is 28.5. The van der Waals surface area contributed by atoms with Crippen molar-refractivity contribution < 1.29 is 14.3 Å². The summed E-state index contributed by atoms with van der Waals surface area (Å²) in [6, 6.07) is 0. The zero-order chi connectivity index (χ0) is 18.5. The summed E-state index contributed by atoms with van der Waals surface area (Å²) in [5.74, 6) is 0.284. The summed E-state index contributed by atoms with van der Waals surface area (Å²) in [7, 11) is 1.41. The fourth-order valence-corrected chi connectivity index (χ4v) is 5.42. The Bertz CT molecular complexity index is 656. The van der Waals surface area contributed by atoms with Gasteiger partial charge in [-0.25, -0.2) is 4.79 Å². The maximum Gasteiger partial charge on any atom is 0.341 e. The summed E-state index contributed by atoms with van der Waals surface area (Å²) in [6.07, 6.45) is 8.95. The van der Waals surface area contributed by atoms with Crippen molar-refractivity contribution in [2.75, 3.05) is 32.1 Å². The lowest BCUT2D eigenvalue weighted by Gasteiger charge is -2.30. The highest BCUT2D eigenvalue weighted by atomic mass is 32.1. The Balaban J connectivity index is 1.76. The quantitative estimate of drug-likeness (QED) is 0.808. The number of aryl methyl sites for hydroxylation is 1. The molecule has 144 valence electrons. The average molecular weight is 379 g/mol. The van der Waals surface area contributed by atoms with E-state index in [9.17, 15) is 9.59 Å². The SMILES string of the molecule is COC(=O)c1c(NC(=O)CN2CCCC(C)C2)sc2c1CCCCCC2. The van der Waals surface area contributed by atoms with Crippen molar-refractivity contribution in [2.45, 2.75) is 58.3 Å². The first kappa shape index (κ1) is 19.4. The molecule has 0 bridgehead atoms. The van der Waals surface area contributed by atoms with Gasteiger partial charge in [-0.05, 0) is 56.6 Å². The molecule has 1 atom stereocenters. The second-order valence-electron chi connectivity index (χ2n) is 7.64. The van der Waals surface area contributed by atoms with Crippen LogP contribution in [0.15, 0.2) is 0 Å². The van der Waals surface area contributed by atoms with E-state index in [1.54, 1.807) is 11.3 Å². The number of anilines is 1. The van der Waals surface area contributed by atoms with Crippen LogP contribution in [0.1, 0.15) is 66.2 Å². The predicted molar refractivity (Wildman–Crippen MR) is 105 cm³/mol. The van der Waals surface area contributed by atoms with Gasteiger partial charge in [0.1, 0.15) is 5.00 Å². The van der Waals surface area contributed by atoms with Crippen molar-refractivity contribution in [3.8, 4) is 0 Å².